The summed E-state index contributed by atoms with van der Waals surface area (Å²) in [4.78, 5) is 0. The van der Waals surface area contributed by atoms with Crippen LogP contribution in [0.4, 0.5) is 0 Å². The van der Waals surface area contributed by atoms with Gasteiger partial charge in [-0.25, -0.2) is 0 Å². The van der Waals surface area contributed by atoms with Crippen molar-refractivity contribution in [2.75, 3.05) is 6.61 Å². The molecule has 0 atom stereocenters. The fourth-order valence-electron chi connectivity index (χ4n) is 2.03. The topological polar surface area (TPSA) is 33.0 Å². The molecule has 0 aliphatic rings. The highest BCUT2D eigenvalue weighted by molar-refractivity contribution is 5.74. The minimum absolute atomic E-state index is 0.660. The van der Waals surface area contributed by atoms with Gasteiger partial charge >= 0.3 is 0 Å². The number of hydrogen-bond donors (Lipinski definition) is 0. The number of ether oxygens (including phenoxy) is 1. The lowest BCUT2D eigenvalue weighted by atomic mass is 9.96. The Bertz CT molecular complexity index is 579. The number of benzene rings is 2. The van der Waals surface area contributed by atoms with Crippen molar-refractivity contribution in [2.45, 2.75) is 13.8 Å². The molecule has 0 unspecified atom stereocenters. The van der Waals surface area contributed by atoms with E-state index in [-0.39, 0.29) is 0 Å². The predicted molar refractivity (Wildman–Crippen MR) is 72.5 cm³/mol. The van der Waals surface area contributed by atoms with Crippen LogP contribution in [0.2, 0.25) is 0 Å². The molecule has 2 rings (SSSR count). The van der Waals surface area contributed by atoms with E-state index < -0.39 is 0 Å². The van der Waals surface area contributed by atoms with E-state index in [9.17, 15) is 0 Å². The molecule has 0 saturated carbocycles. The molecule has 0 bridgehead atoms. The van der Waals surface area contributed by atoms with Crippen molar-refractivity contribution < 1.29 is 4.74 Å². The normalized spacial score (nSPS) is 9.83. The first kappa shape index (κ1) is 12.2. The summed E-state index contributed by atoms with van der Waals surface area (Å²) in [5.74, 6) is 0.855. The molecule has 0 fully saturated rings. The van der Waals surface area contributed by atoms with E-state index in [1.54, 1.807) is 0 Å². The fourth-order valence-corrected chi connectivity index (χ4v) is 2.03. The molecule has 0 radical (unpaired) electrons. The smallest absolute Gasteiger partial charge is 0.119 e. The number of nitrogens with zero attached hydrogens (tertiary/aromatic N) is 1. The van der Waals surface area contributed by atoms with Gasteiger partial charge in [-0.2, -0.15) is 5.26 Å². The summed E-state index contributed by atoms with van der Waals surface area (Å²) in [6.45, 7) is 4.64. The SMILES string of the molecule is CCOc1ccc(-c2c(C)cccc2C#N)cc1. The third kappa shape index (κ3) is 2.36. The number of aryl methyl sites for hydroxylation is 1. The zero-order valence-corrected chi connectivity index (χ0v) is 10.6. The fraction of sp³-hybridized carbons (Fsp3) is 0.188. The molecule has 0 amide bonds. The second-order valence-corrected chi connectivity index (χ2v) is 4.07. The molecule has 2 aromatic carbocycles. The van der Waals surface area contributed by atoms with Crippen molar-refractivity contribution in [3.63, 3.8) is 0 Å². The van der Waals surface area contributed by atoms with Gasteiger partial charge in [-0.05, 0) is 43.2 Å². The van der Waals surface area contributed by atoms with Crippen LogP contribution in [0.3, 0.4) is 0 Å². The molecule has 0 saturated heterocycles. The molecule has 0 aliphatic carbocycles. The van der Waals surface area contributed by atoms with Crippen molar-refractivity contribution in [1.82, 2.24) is 0 Å². The van der Waals surface area contributed by atoms with Gasteiger partial charge in [0, 0.05) is 5.56 Å². The summed E-state index contributed by atoms with van der Waals surface area (Å²) < 4.78 is 5.42. The number of nitriles is 1. The van der Waals surface area contributed by atoms with Crippen LogP contribution in [0.1, 0.15) is 18.1 Å². The Labute approximate surface area is 107 Å². The molecule has 18 heavy (non-hydrogen) atoms. The highest BCUT2D eigenvalue weighted by Gasteiger charge is 2.07. The second-order valence-electron chi connectivity index (χ2n) is 4.07. The van der Waals surface area contributed by atoms with Crippen molar-refractivity contribution in [3.8, 4) is 22.9 Å². The van der Waals surface area contributed by atoms with E-state index in [1.165, 1.54) is 0 Å². The van der Waals surface area contributed by atoms with Crippen LogP contribution in [0, 0.1) is 18.3 Å². The molecule has 2 nitrogen and oxygen atoms in total. The van der Waals surface area contributed by atoms with Crippen LogP contribution >= 0.6 is 0 Å². The van der Waals surface area contributed by atoms with E-state index in [0.717, 1.165) is 22.4 Å². The number of hydrogen-bond acceptors (Lipinski definition) is 2. The predicted octanol–water partition coefficient (Wildman–Crippen LogP) is 3.93. The minimum Gasteiger partial charge on any atom is -0.494 e. The Morgan fingerprint density at radius 3 is 2.44 bits per heavy atom. The molecule has 0 N–H and O–H groups in total. The lowest BCUT2D eigenvalue weighted by molar-refractivity contribution is 0.340. The average molecular weight is 237 g/mol. The highest BCUT2D eigenvalue weighted by Crippen LogP contribution is 2.28. The maximum atomic E-state index is 9.17. The highest BCUT2D eigenvalue weighted by atomic mass is 16.5. The van der Waals surface area contributed by atoms with Gasteiger partial charge in [0.15, 0.2) is 0 Å². The summed E-state index contributed by atoms with van der Waals surface area (Å²) in [6.07, 6.45) is 0. The Morgan fingerprint density at radius 1 is 1.11 bits per heavy atom. The quantitative estimate of drug-likeness (QED) is 0.810. The van der Waals surface area contributed by atoms with Crippen molar-refractivity contribution >= 4 is 0 Å². The average Bonchev–Trinajstić information content (AvgIpc) is 2.40. The van der Waals surface area contributed by atoms with Crippen LogP contribution in [0.15, 0.2) is 42.5 Å². The third-order valence-corrected chi connectivity index (χ3v) is 2.85. The van der Waals surface area contributed by atoms with Gasteiger partial charge in [-0.3, -0.25) is 0 Å². The zero-order valence-electron chi connectivity index (χ0n) is 10.6. The standard InChI is InChI=1S/C16H15NO/c1-3-18-15-9-7-13(8-10-15)16-12(2)5-4-6-14(16)11-17/h4-10H,3H2,1-2H3. The summed E-state index contributed by atoms with van der Waals surface area (Å²) in [6, 6.07) is 15.9. The van der Waals surface area contributed by atoms with Crippen molar-refractivity contribution in [1.29, 1.82) is 5.26 Å². The molecule has 0 aromatic heterocycles. The Kier molecular flexibility index (Phi) is 3.64. The zero-order chi connectivity index (χ0) is 13.0. The molecule has 0 heterocycles. The van der Waals surface area contributed by atoms with E-state index in [1.807, 2.05) is 56.3 Å². The molecule has 0 aliphatic heterocycles. The van der Waals surface area contributed by atoms with Gasteiger partial charge < -0.3 is 4.74 Å². The lowest BCUT2D eigenvalue weighted by Gasteiger charge is -2.09. The first-order valence-corrected chi connectivity index (χ1v) is 5.99. The lowest BCUT2D eigenvalue weighted by Crippen LogP contribution is -1.92. The first-order chi connectivity index (χ1) is 8.76. The van der Waals surface area contributed by atoms with Crippen molar-refractivity contribution in [3.05, 3.63) is 53.6 Å². The Balaban J connectivity index is 2.46. The van der Waals surface area contributed by atoms with Gasteiger partial charge in [-0.1, -0.05) is 24.3 Å². The third-order valence-electron chi connectivity index (χ3n) is 2.85. The summed E-state index contributed by atoms with van der Waals surface area (Å²) in [7, 11) is 0. The van der Waals surface area contributed by atoms with Crippen LogP contribution < -0.4 is 4.74 Å². The molecular weight excluding hydrogens is 222 g/mol. The maximum Gasteiger partial charge on any atom is 0.119 e. The monoisotopic (exact) mass is 237 g/mol. The van der Waals surface area contributed by atoms with Crippen LogP contribution in [-0.2, 0) is 0 Å². The van der Waals surface area contributed by atoms with E-state index >= 15 is 0 Å². The summed E-state index contributed by atoms with van der Waals surface area (Å²) in [5, 5.41) is 9.17. The largest absolute Gasteiger partial charge is 0.494 e. The first-order valence-electron chi connectivity index (χ1n) is 5.99. The van der Waals surface area contributed by atoms with Gasteiger partial charge in [0.05, 0.1) is 18.2 Å². The molecular formula is C16H15NO. The summed E-state index contributed by atoms with van der Waals surface area (Å²) in [5.41, 5.74) is 3.87. The maximum absolute atomic E-state index is 9.17. The Morgan fingerprint density at radius 2 is 1.83 bits per heavy atom. The van der Waals surface area contributed by atoms with Crippen LogP contribution in [0.25, 0.3) is 11.1 Å². The number of rotatable bonds is 3. The molecule has 2 aromatic rings. The van der Waals surface area contributed by atoms with Gasteiger partial charge in [-0.15, -0.1) is 0 Å². The van der Waals surface area contributed by atoms with Crippen molar-refractivity contribution in [2.24, 2.45) is 0 Å². The van der Waals surface area contributed by atoms with Crippen LogP contribution in [-0.4, -0.2) is 6.61 Å². The van der Waals surface area contributed by atoms with E-state index in [2.05, 4.69) is 6.07 Å². The van der Waals surface area contributed by atoms with E-state index in [4.69, 9.17) is 10.00 Å². The van der Waals surface area contributed by atoms with Crippen LogP contribution in [0.5, 0.6) is 5.75 Å². The Hall–Kier alpha value is -2.27. The molecule has 2 heteroatoms. The van der Waals surface area contributed by atoms with Gasteiger partial charge in [0.1, 0.15) is 5.75 Å². The van der Waals surface area contributed by atoms with Gasteiger partial charge in [0.25, 0.3) is 0 Å². The second kappa shape index (κ2) is 5.37. The molecule has 90 valence electrons. The summed E-state index contributed by atoms with van der Waals surface area (Å²) >= 11 is 0. The molecule has 0 spiro atoms. The van der Waals surface area contributed by atoms with E-state index in [0.29, 0.717) is 12.2 Å². The van der Waals surface area contributed by atoms with Gasteiger partial charge in [0.2, 0.25) is 0 Å². The minimum atomic E-state index is 0.660.